The molecule has 0 radical (unpaired) electrons. The van der Waals surface area contributed by atoms with Crippen molar-refractivity contribution < 1.29 is 22.8 Å². The zero-order valence-electron chi connectivity index (χ0n) is 16.8. The number of rotatable bonds is 3. The minimum Gasteiger partial charge on any atom is -0.337 e. The minimum absolute atomic E-state index is 0.0212. The number of aromatic nitrogens is 4. The zero-order chi connectivity index (χ0) is 22.7. The molecule has 5 rings (SSSR count). The number of thiazole rings is 1. The summed E-state index contributed by atoms with van der Waals surface area (Å²) in [5.74, 6) is -0.307. The molecule has 13 heteroatoms. The number of carbonyl (C=O) groups is 2. The average molecular weight is 465 g/mol. The molecule has 9 nitrogen and oxygen atoms in total. The summed E-state index contributed by atoms with van der Waals surface area (Å²) in [4.78, 5) is 29.3. The Hall–Kier alpha value is -3.22. The van der Waals surface area contributed by atoms with E-state index in [1.54, 1.807) is 28.9 Å². The van der Waals surface area contributed by atoms with Gasteiger partial charge in [-0.3, -0.25) is 10.1 Å². The highest BCUT2D eigenvalue weighted by Crippen LogP contribution is 2.50. The predicted octanol–water partition coefficient (Wildman–Crippen LogP) is 2.97. The van der Waals surface area contributed by atoms with Crippen LogP contribution in [0.4, 0.5) is 23.8 Å². The van der Waals surface area contributed by atoms with Gasteiger partial charge in [0, 0.05) is 43.2 Å². The van der Waals surface area contributed by atoms with E-state index in [1.165, 1.54) is 16.2 Å². The number of hydrogen-bond donors (Lipinski definition) is 1. The van der Waals surface area contributed by atoms with Crippen molar-refractivity contribution in [1.82, 2.24) is 29.6 Å². The summed E-state index contributed by atoms with van der Waals surface area (Å²) in [6, 6.07) is 0.134. The van der Waals surface area contributed by atoms with E-state index in [4.69, 9.17) is 0 Å². The lowest BCUT2D eigenvalue weighted by Gasteiger charge is -2.60. The number of fused-ring (bicyclic) bond motifs is 1. The number of alkyl halides is 3. The number of hydrogen-bond acceptors (Lipinski definition) is 6. The summed E-state index contributed by atoms with van der Waals surface area (Å²) in [6.45, 7) is 1.22. The fraction of sp³-hybridized carbons (Fsp3) is 0.421. The first kappa shape index (κ1) is 20.7. The minimum atomic E-state index is -4.57. The van der Waals surface area contributed by atoms with Crippen LogP contribution in [-0.2, 0) is 6.18 Å². The molecular formula is C19H18F3N7O2S. The molecule has 1 aliphatic carbocycles. The molecule has 1 N–H and O–H groups in total. The van der Waals surface area contributed by atoms with E-state index in [0.29, 0.717) is 24.8 Å². The monoisotopic (exact) mass is 465 g/mol. The maximum Gasteiger partial charge on any atom is 0.418 e. The first-order valence-corrected chi connectivity index (χ1v) is 10.7. The van der Waals surface area contributed by atoms with Crippen LogP contribution in [0.1, 0.15) is 28.8 Å². The van der Waals surface area contributed by atoms with E-state index in [1.807, 2.05) is 5.38 Å². The lowest BCUT2D eigenvalue weighted by Crippen LogP contribution is -2.67. The molecule has 0 unspecified atom stereocenters. The van der Waals surface area contributed by atoms with Gasteiger partial charge < -0.3 is 9.80 Å². The van der Waals surface area contributed by atoms with Crippen molar-refractivity contribution >= 4 is 33.9 Å². The van der Waals surface area contributed by atoms with E-state index in [9.17, 15) is 22.8 Å². The molecule has 3 aromatic rings. The average Bonchev–Trinajstić information content (AvgIpc) is 3.28. The summed E-state index contributed by atoms with van der Waals surface area (Å²) in [5.41, 5.74) is -0.415. The molecule has 1 aliphatic heterocycles. The van der Waals surface area contributed by atoms with Crippen molar-refractivity contribution in [3.8, 4) is 0 Å². The molecule has 2 aliphatic rings. The highest BCUT2D eigenvalue weighted by molar-refractivity contribution is 7.15. The molecule has 2 fully saturated rings. The lowest BCUT2D eigenvalue weighted by molar-refractivity contribution is -0.137. The van der Waals surface area contributed by atoms with Crippen LogP contribution < -0.4 is 5.32 Å². The van der Waals surface area contributed by atoms with Gasteiger partial charge in [0.25, 0.3) is 5.91 Å². The Morgan fingerprint density at radius 2 is 2.03 bits per heavy atom. The Morgan fingerprint density at radius 1 is 1.28 bits per heavy atom. The van der Waals surface area contributed by atoms with Gasteiger partial charge in [0.05, 0.1) is 23.5 Å². The molecule has 3 amide bonds. The van der Waals surface area contributed by atoms with E-state index in [-0.39, 0.29) is 23.2 Å². The number of halogens is 3. The summed E-state index contributed by atoms with van der Waals surface area (Å²) < 4.78 is 40.1. The number of likely N-dealkylation sites (tertiary alicyclic amines) is 1. The number of carbonyl (C=O) groups excluding carboxylic acids is 2. The first-order valence-electron chi connectivity index (χ1n) is 9.79. The smallest absolute Gasteiger partial charge is 0.337 e. The molecular weight excluding hydrogens is 447 g/mol. The second-order valence-electron chi connectivity index (χ2n) is 8.30. The van der Waals surface area contributed by atoms with Gasteiger partial charge in [0.15, 0.2) is 5.82 Å². The maximum atomic E-state index is 12.8. The molecule has 168 valence electrons. The molecule has 1 saturated carbocycles. The van der Waals surface area contributed by atoms with Crippen LogP contribution >= 0.6 is 11.3 Å². The predicted molar refractivity (Wildman–Crippen MR) is 108 cm³/mol. The van der Waals surface area contributed by atoms with Crippen LogP contribution in [0.5, 0.6) is 0 Å². The summed E-state index contributed by atoms with van der Waals surface area (Å²) in [6.07, 6.45) is 0.858. The van der Waals surface area contributed by atoms with Crippen molar-refractivity contribution in [2.45, 2.75) is 25.1 Å². The standard InChI is InChI=1S/C19H18F3N7O2S/c1-27(17(31)25-14-4-11(7-23-26-14)19(20,21)22)12-5-18(6-12)9-28(10-18)15(30)13-8-24-29-2-3-32-16(13)29/h2-4,7-8,12H,5-6,9-10H2,1H3,(H,25,26,31). The van der Waals surface area contributed by atoms with Gasteiger partial charge in [0.2, 0.25) is 0 Å². The topological polar surface area (TPSA) is 95.7 Å². The highest BCUT2D eigenvalue weighted by atomic mass is 32.1. The van der Waals surface area contributed by atoms with Crippen molar-refractivity contribution in [1.29, 1.82) is 0 Å². The molecule has 1 saturated heterocycles. The van der Waals surface area contributed by atoms with E-state index >= 15 is 0 Å². The fourth-order valence-electron chi connectivity index (χ4n) is 4.37. The zero-order valence-corrected chi connectivity index (χ0v) is 17.7. The van der Waals surface area contributed by atoms with Crippen LogP contribution in [0, 0.1) is 5.41 Å². The number of nitrogens with one attached hydrogen (secondary N) is 1. The van der Waals surface area contributed by atoms with Crippen molar-refractivity contribution in [3.05, 3.63) is 41.2 Å². The molecule has 0 bridgehead atoms. The summed E-state index contributed by atoms with van der Waals surface area (Å²) in [5, 5.41) is 15.3. The third-order valence-electron chi connectivity index (χ3n) is 6.12. The van der Waals surface area contributed by atoms with Crippen molar-refractivity contribution in [2.75, 3.05) is 25.5 Å². The fourth-order valence-corrected chi connectivity index (χ4v) is 5.16. The third-order valence-corrected chi connectivity index (χ3v) is 7.01. The normalized spacial score (nSPS) is 17.8. The number of anilines is 1. The Balaban J connectivity index is 1.14. The van der Waals surface area contributed by atoms with Crippen LogP contribution in [0.25, 0.3) is 4.83 Å². The van der Waals surface area contributed by atoms with Gasteiger partial charge in [-0.05, 0) is 18.9 Å². The second-order valence-corrected chi connectivity index (χ2v) is 9.20. The van der Waals surface area contributed by atoms with E-state index in [2.05, 4.69) is 20.6 Å². The van der Waals surface area contributed by atoms with Crippen molar-refractivity contribution in [3.63, 3.8) is 0 Å². The van der Waals surface area contributed by atoms with Gasteiger partial charge in [-0.15, -0.1) is 16.4 Å². The number of nitrogens with zero attached hydrogens (tertiary/aromatic N) is 6. The summed E-state index contributed by atoms with van der Waals surface area (Å²) in [7, 11) is 1.59. The first-order chi connectivity index (χ1) is 15.2. The molecule has 0 aromatic carbocycles. The molecule has 3 aromatic heterocycles. The molecule has 0 atom stereocenters. The van der Waals surface area contributed by atoms with Gasteiger partial charge in [-0.25, -0.2) is 9.31 Å². The second kappa shape index (κ2) is 7.15. The SMILES string of the molecule is CN(C(=O)Nc1cc(C(F)(F)F)cnn1)C1CC2(C1)CN(C(=O)c1cnn3ccsc13)C2. The maximum absolute atomic E-state index is 12.8. The summed E-state index contributed by atoms with van der Waals surface area (Å²) >= 11 is 1.46. The van der Waals surface area contributed by atoms with E-state index < -0.39 is 17.8 Å². The van der Waals surface area contributed by atoms with Crippen LogP contribution in [0.15, 0.2) is 30.0 Å². The van der Waals surface area contributed by atoms with Crippen LogP contribution in [-0.4, -0.2) is 67.7 Å². The molecule has 32 heavy (non-hydrogen) atoms. The third kappa shape index (κ3) is 3.45. The quantitative estimate of drug-likeness (QED) is 0.642. The number of amides is 3. The van der Waals surface area contributed by atoms with Gasteiger partial charge in [-0.2, -0.15) is 23.4 Å². The Kier molecular flexibility index (Phi) is 4.62. The van der Waals surface area contributed by atoms with E-state index in [0.717, 1.165) is 23.7 Å². The van der Waals surface area contributed by atoms with Gasteiger partial charge >= 0.3 is 12.2 Å². The van der Waals surface area contributed by atoms with Crippen molar-refractivity contribution in [2.24, 2.45) is 5.41 Å². The Bertz CT molecular complexity index is 1190. The largest absolute Gasteiger partial charge is 0.418 e. The van der Waals surface area contributed by atoms with Crippen LogP contribution in [0.2, 0.25) is 0 Å². The number of urea groups is 1. The molecule has 1 spiro atoms. The van der Waals surface area contributed by atoms with Crippen LogP contribution in [0.3, 0.4) is 0 Å². The lowest BCUT2D eigenvalue weighted by atomic mass is 9.60. The van der Waals surface area contributed by atoms with Gasteiger partial charge in [-0.1, -0.05) is 0 Å². The van der Waals surface area contributed by atoms with Gasteiger partial charge in [0.1, 0.15) is 4.83 Å². The highest BCUT2D eigenvalue weighted by Gasteiger charge is 2.55. The Morgan fingerprint density at radius 3 is 2.75 bits per heavy atom. The molecule has 4 heterocycles. The Labute approximate surface area is 183 Å².